The lowest BCUT2D eigenvalue weighted by molar-refractivity contribution is -0.113. The highest BCUT2D eigenvalue weighted by molar-refractivity contribution is 9.10. The van der Waals surface area contributed by atoms with E-state index in [9.17, 15) is 14.4 Å². The fourth-order valence-electron chi connectivity index (χ4n) is 3.64. The summed E-state index contributed by atoms with van der Waals surface area (Å²) in [7, 11) is 1.59. The SMILES string of the molecule is COc1cccc(/C=C/C(=O)c2ccc(NC(=O)/C(=C/c3cccc(Br)c3)NC(=O)c3ccccc3)cc2)c1. The Labute approximate surface area is 235 Å². The highest BCUT2D eigenvalue weighted by Gasteiger charge is 2.15. The lowest BCUT2D eigenvalue weighted by Crippen LogP contribution is -2.30. The van der Waals surface area contributed by atoms with Crippen molar-refractivity contribution in [3.8, 4) is 5.75 Å². The van der Waals surface area contributed by atoms with Gasteiger partial charge in [0.25, 0.3) is 11.8 Å². The van der Waals surface area contributed by atoms with Crippen molar-refractivity contribution in [1.82, 2.24) is 5.32 Å². The third-order valence-electron chi connectivity index (χ3n) is 5.64. The van der Waals surface area contributed by atoms with E-state index in [0.717, 1.165) is 15.6 Å². The zero-order valence-electron chi connectivity index (χ0n) is 21.1. The topological polar surface area (TPSA) is 84.5 Å². The van der Waals surface area contributed by atoms with Crippen LogP contribution in [0.3, 0.4) is 0 Å². The van der Waals surface area contributed by atoms with Gasteiger partial charge in [-0.15, -0.1) is 0 Å². The third-order valence-corrected chi connectivity index (χ3v) is 6.13. The normalized spacial score (nSPS) is 11.2. The first-order chi connectivity index (χ1) is 18.9. The van der Waals surface area contributed by atoms with Gasteiger partial charge in [-0.1, -0.05) is 64.5 Å². The number of ether oxygens (including phenoxy) is 1. The van der Waals surface area contributed by atoms with Gasteiger partial charge in [-0.25, -0.2) is 0 Å². The van der Waals surface area contributed by atoms with Gasteiger partial charge in [-0.2, -0.15) is 0 Å². The molecule has 0 radical (unpaired) electrons. The van der Waals surface area contributed by atoms with Crippen molar-refractivity contribution in [2.45, 2.75) is 0 Å². The van der Waals surface area contributed by atoms with Crippen LogP contribution in [0, 0.1) is 0 Å². The summed E-state index contributed by atoms with van der Waals surface area (Å²) in [5.74, 6) is -0.383. The van der Waals surface area contributed by atoms with Gasteiger partial charge in [-0.3, -0.25) is 14.4 Å². The number of anilines is 1. The smallest absolute Gasteiger partial charge is 0.272 e. The maximum absolute atomic E-state index is 13.2. The van der Waals surface area contributed by atoms with Crippen molar-refractivity contribution < 1.29 is 19.1 Å². The molecule has 4 aromatic carbocycles. The monoisotopic (exact) mass is 580 g/mol. The number of rotatable bonds is 9. The first kappa shape index (κ1) is 27.3. The molecule has 0 spiro atoms. The molecule has 0 aliphatic heterocycles. The molecule has 0 saturated heterocycles. The van der Waals surface area contributed by atoms with Crippen molar-refractivity contribution in [2.24, 2.45) is 0 Å². The molecule has 2 N–H and O–H groups in total. The van der Waals surface area contributed by atoms with E-state index in [-0.39, 0.29) is 11.5 Å². The van der Waals surface area contributed by atoms with Crippen LogP contribution in [0.2, 0.25) is 0 Å². The molecule has 0 aliphatic carbocycles. The van der Waals surface area contributed by atoms with Crippen molar-refractivity contribution >= 4 is 51.4 Å². The summed E-state index contributed by atoms with van der Waals surface area (Å²) in [6.07, 6.45) is 4.80. The number of carbonyl (C=O) groups excluding carboxylic acids is 3. The van der Waals surface area contributed by atoms with Crippen molar-refractivity contribution in [3.05, 3.63) is 142 Å². The second-order valence-corrected chi connectivity index (χ2v) is 9.35. The van der Waals surface area contributed by atoms with Crippen LogP contribution < -0.4 is 15.4 Å². The Bertz CT molecular complexity index is 1540. The molecule has 6 nitrogen and oxygen atoms in total. The summed E-state index contributed by atoms with van der Waals surface area (Å²) in [4.78, 5) is 38.6. The third kappa shape index (κ3) is 7.87. The minimum Gasteiger partial charge on any atom is -0.497 e. The first-order valence-corrected chi connectivity index (χ1v) is 12.8. The molecule has 0 saturated carbocycles. The molecule has 194 valence electrons. The number of ketones is 1. The molecular formula is C32H25BrN2O4. The zero-order chi connectivity index (χ0) is 27.6. The minimum absolute atomic E-state index is 0.0725. The lowest BCUT2D eigenvalue weighted by Gasteiger charge is -2.12. The molecule has 0 aromatic heterocycles. The summed E-state index contributed by atoms with van der Waals surface area (Å²) >= 11 is 3.42. The van der Waals surface area contributed by atoms with E-state index in [1.807, 2.05) is 54.6 Å². The molecule has 0 fully saturated rings. The first-order valence-electron chi connectivity index (χ1n) is 12.0. The van der Waals surface area contributed by atoms with Gasteiger partial charge < -0.3 is 15.4 Å². The van der Waals surface area contributed by atoms with E-state index in [1.54, 1.807) is 67.8 Å². The second-order valence-electron chi connectivity index (χ2n) is 8.44. The predicted octanol–water partition coefficient (Wildman–Crippen LogP) is 6.76. The van der Waals surface area contributed by atoms with Crippen LogP contribution in [-0.4, -0.2) is 24.7 Å². The van der Waals surface area contributed by atoms with E-state index < -0.39 is 11.8 Å². The Morgan fingerprint density at radius 3 is 2.21 bits per heavy atom. The number of hydrogen-bond acceptors (Lipinski definition) is 4. The molecule has 0 aliphatic rings. The Hall–Kier alpha value is -4.75. The number of amides is 2. The van der Waals surface area contributed by atoms with Crippen molar-refractivity contribution in [1.29, 1.82) is 0 Å². The molecule has 7 heteroatoms. The summed E-state index contributed by atoms with van der Waals surface area (Å²) in [5.41, 5.74) is 3.01. The summed E-state index contributed by atoms with van der Waals surface area (Å²) in [6.45, 7) is 0. The Balaban J connectivity index is 1.48. The van der Waals surface area contributed by atoms with E-state index >= 15 is 0 Å². The highest BCUT2D eigenvalue weighted by atomic mass is 79.9. The molecule has 4 rings (SSSR count). The Kier molecular flexibility index (Phi) is 9.21. The highest BCUT2D eigenvalue weighted by Crippen LogP contribution is 2.17. The number of nitrogens with one attached hydrogen (secondary N) is 2. The predicted molar refractivity (Wildman–Crippen MR) is 157 cm³/mol. The quantitative estimate of drug-likeness (QED) is 0.169. The number of hydrogen-bond donors (Lipinski definition) is 2. The van der Waals surface area contributed by atoms with Crippen LogP contribution in [-0.2, 0) is 4.79 Å². The van der Waals surface area contributed by atoms with Gasteiger partial charge in [0.2, 0.25) is 0 Å². The van der Waals surface area contributed by atoms with Crippen LogP contribution >= 0.6 is 15.9 Å². The average molecular weight is 581 g/mol. The number of benzene rings is 4. The summed E-state index contributed by atoms with van der Waals surface area (Å²) in [5, 5.41) is 5.51. The number of carbonyl (C=O) groups is 3. The molecule has 4 aromatic rings. The fourth-order valence-corrected chi connectivity index (χ4v) is 4.05. The molecular weight excluding hydrogens is 556 g/mol. The van der Waals surface area contributed by atoms with Crippen LogP contribution in [0.1, 0.15) is 31.8 Å². The van der Waals surface area contributed by atoms with Crippen LogP contribution in [0.5, 0.6) is 5.75 Å². The minimum atomic E-state index is -0.503. The molecule has 39 heavy (non-hydrogen) atoms. The summed E-state index contributed by atoms with van der Waals surface area (Å²) < 4.78 is 6.05. The van der Waals surface area contributed by atoms with Crippen molar-refractivity contribution in [3.63, 3.8) is 0 Å². The number of allylic oxidation sites excluding steroid dienone is 1. The van der Waals surface area contributed by atoms with E-state index in [4.69, 9.17) is 4.74 Å². The van der Waals surface area contributed by atoms with Gasteiger partial charge in [-0.05, 0) is 83.9 Å². The zero-order valence-corrected chi connectivity index (χ0v) is 22.6. The van der Waals surface area contributed by atoms with Gasteiger partial charge in [0, 0.05) is 21.3 Å². The molecule has 0 bridgehead atoms. The molecule has 0 unspecified atom stereocenters. The number of halogens is 1. The van der Waals surface area contributed by atoms with E-state index in [1.165, 1.54) is 6.08 Å². The lowest BCUT2D eigenvalue weighted by atomic mass is 10.1. The molecule has 0 atom stereocenters. The fraction of sp³-hybridized carbons (Fsp3) is 0.0312. The maximum Gasteiger partial charge on any atom is 0.272 e. The Morgan fingerprint density at radius 2 is 1.49 bits per heavy atom. The van der Waals surface area contributed by atoms with Crippen molar-refractivity contribution in [2.75, 3.05) is 12.4 Å². The number of methoxy groups -OCH3 is 1. The van der Waals surface area contributed by atoms with Gasteiger partial charge in [0.1, 0.15) is 11.4 Å². The van der Waals surface area contributed by atoms with Gasteiger partial charge in [0.05, 0.1) is 7.11 Å². The van der Waals surface area contributed by atoms with E-state index in [0.29, 0.717) is 22.6 Å². The summed E-state index contributed by atoms with van der Waals surface area (Å²) in [6, 6.07) is 30.0. The van der Waals surface area contributed by atoms with Crippen LogP contribution in [0.15, 0.2) is 119 Å². The second kappa shape index (κ2) is 13.2. The molecule has 2 amide bonds. The van der Waals surface area contributed by atoms with Gasteiger partial charge in [0.15, 0.2) is 5.78 Å². The van der Waals surface area contributed by atoms with Crippen LogP contribution in [0.25, 0.3) is 12.2 Å². The van der Waals surface area contributed by atoms with Crippen LogP contribution in [0.4, 0.5) is 5.69 Å². The van der Waals surface area contributed by atoms with Gasteiger partial charge >= 0.3 is 0 Å². The standard InChI is InChI=1S/C32H25BrN2O4/c1-39-28-12-6-7-22(20-28)13-18-30(36)24-14-16-27(17-15-24)34-32(38)29(21-23-8-5-11-26(33)19-23)35-31(37)25-9-3-2-4-10-25/h2-21H,1H3,(H,34,38)(H,35,37)/b18-13+,29-21-. The average Bonchev–Trinajstić information content (AvgIpc) is 2.96. The van der Waals surface area contributed by atoms with E-state index in [2.05, 4.69) is 26.6 Å². The largest absolute Gasteiger partial charge is 0.497 e. The molecule has 0 heterocycles. The maximum atomic E-state index is 13.2. The Morgan fingerprint density at radius 1 is 0.769 bits per heavy atom.